The van der Waals surface area contributed by atoms with E-state index in [0.29, 0.717) is 23.6 Å². The van der Waals surface area contributed by atoms with E-state index in [1.54, 1.807) is 0 Å². The Labute approximate surface area is 130 Å². The highest BCUT2D eigenvalue weighted by Crippen LogP contribution is 2.28. The van der Waals surface area contributed by atoms with Crippen LogP contribution in [0.5, 0.6) is 0 Å². The molecular formula is C15H24N4OS. The van der Waals surface area contributed by atoms with Crippen molar-refractivity contribution < 1.29 is 4.79 Å². The number of carbonyl (C=O) groups excluding carboxylic acids is 1. The average molecular weight is 308 g/mol. The number of piperidine rings is 1. The van der Waals surface area contributed by atoms with Gasteiger partial charge in [0, 0.05) is 18.0 Å². The minimum Gasteiger partial charge on any atom is -0.316 e. The molecule has 2 aliphatic rings. The second kappa shape index (κ2) is 6.85. The van der Waals surface area contributed by atoms with Gasteiger partial charge in [-0.1, -0.05) is 0 Å². The summed E-state index contributed by atoms with van der Waals surface area (Å²) in [5.74, 6) is 0.759. The van der Waals surface area contributed by atoms with Crippen LogP contribution in [0.2, 0.25) is 0 Å². The molecular weight excluding hydrogens is 284 g/mol. The van der Waals surface area contributed by atoms with Crippen molar-refractivity contribution in [3.05, 3.63) is 11.1 Å². The molecule has 2 heterocycles. The average Bonchev–Trinajstić information content (AvgIpc) is 3.23. The number of nitrogens with zero attached hydrogens (tertiary/aromatic N) is 2. The molecule has 2 fully saturated rings. The molecule has 0 spiro atoms. The quantitative estimate of drug-likeness (QED) is 0.842. The zero-order chi connectivity index (χ0) is 14.7. The van der Waals surface area contributed by atoms with Gasteiger partial charge in [0.15, 0.2) is 5.13 Å². The molecule has 1 aliphatic heterocycles. The Kier molecular flexibility index (Phi) is 4.87. The van der Waals surface area contributed by atoms with E-state index in [4.69, 9.17) is 0 Å². The Morgan fingerprint density at radius 3 is 3.00 bits per heavy atom. The second-order valence-corrected chi connectivity index (χ2v) is 7.07. The molecule has 1 saturated heterocycles. The van der Waals surface area contributed by atoms with Crippen LogP contribution < -0.4 is 10.6 Å². The maximum absolute atomic E-state index is 12.2. The lowest BCUT2D eigenvalue weighted by Gasteiger charge is -2.29. The number of hydrogen-bond donors (Lipinski definition) is 2. The van der Waals surface area contributed by atoms with E-state index >= 15 is 0 Å². The molecule has 1 amide bonds. The number of carbonyl (C=O) groups is 1. The summed E-state index contributed by atoms with van der Waals surface area (Å²) in [7, 11) is 0. The first-order chi connectivity index (χ1) is 10.2. The van der Waals surface area contributed by atoms with Gasteiger partial charge in [-0.2, -0.15) is 0 Å². The van der Waals surface area contributed by atoms with Gasteiger partial charge < -0.3 is 10.6 Å². The summed E-state index contributed by atoms with van der Waals surface area (Å²) in [6.07, 6.45) is 5.02. The van der Waals surface area contributed by atoms with Crippen molar-refractivity contribution in [1.29, 1.82) is 0 Å². The topological polar surface area (TPSA) is 57.3 Å². The summed E-state index contributed by atoms with van der Waals surface area (Å²) < 4.78 is 0. The Hall–Kier alpha value is -0.980. The van der Waals surface area contributed by atoms with Gasteiger partial charge in [-0.25, -0.2) is 4.98 Å². The summed E-state index contributed by atoms with van der Waals surface area (Å²) in [6, 6.07) is 0.621. The van der Waals surface area contributed by atoms with Gasteiger partial charge >= 0.3 is 0 Å². The fraction of sp³-hybridized carbons (Fsp3) is 0.733. The number of rotatable bonds is 6. The van der Waals surface area contributed by atoms with Gasteiger partial charge in [-0.05, 0) is 51.6 Å². The highest BCUT2D eigenvalue weighted by Gasteiger charge is 2.32. The lowest BCUT2D eigenvalue weighted by molar-refractivity contribution is -0.117. The normalized spacial score (nSPS) is 22.5. The highest BCUT2D eigenvalue weighted by molar-refractivity contribution is 7.13. The van der Waals surface area contributed by atoms with E-state index in [0.717, 1.165) is 25.3 Å². The third kappa shape index (κ3) is 4.49. The lowest BCUT2D eigenvalue weighted by atomic mass is 9.99. The lowest BCUT2D eigenvalue weighted by Crippen LogP contribution is -2.42. The van der Waals surface area contributed by atoms with Crippen molar-refractivity contribution in [3.8, 4) is 0 Å². The predicted octanol–water partition coefficient (Wildman–Crippen LogP) is 1.85. The van der Waals surface area contributed by atoms with Crippen LogP contribution in [0.4, 0.5) is 5.13 Å². The maximum Gasteiger partial charge on any atom is 0.240 e. The molecule has 2 N–H and O–H groups in total. The van der Waals surface area contributed by atoms with Gasteiger partial charge in [-0.15, -0.1) is 11.3 Å². The SMILES string of the molecule is Cc1csc(NC(=O)CN(CC2CCCNC2)C2CC2)n1. The van der Waals surface area contributed by atoms with Crippen LogP contribution in [0.25, 0.3) is 0 Å². The monoisotopic (exact) mass is 308 g/mol. The molecule has 0 radical (unpaired) electrons. The number of anilines is 1. The molecule has 5 nitrogen and oxygen atoms in total. The van der Waals surface area contributed by atoms with Gasteiger partial charge in [0.05, 0.1) is 12.2 Å². The van der Waals surface area contributed by atoms with Crippen molar-refractivity contribution in [1.82, 2.24) is 15.2 Å². The van der Waals surface area contributed by atoms with E-state index in [1.165, 1.54) is 37.0 Å². The molecule has 0 aromatic carbocycles. The van der Waals surface area contributed by atoms with Crippen molar-refractivity contribution in [3.63, 3.8) is 0 Å². The fourth-order valence-electron chi connectivity index (χ4n) is 2.95. The number of aryl methyl sites for hydroxylation is 1. The molecule has 1 atom stereocenters. The largest absolute Gasteiger partial charge is 0.316 e. The molecule has 21 heavy (non-hydrogen) atoms. The van der Waals surface area contributed by atoms with Crippen molar-refractivity contribution in [2.75, 3.05) is 31.5 Å². The molecule has 6 heteroatoms. The van der Waals surface area contributed by atoms with Crippen molar-refractivity contribution in [2.24, 2.45) is 5.92 Å². The first-order valence-electron chi connectivity index (χ1n) is 7.87. The van der Waals surface area contributed by atoms with Crippen LogP contribution in [0.3, 0.4) is 0 Å². The maximum atomic E-state index is 12.2. The standard InChI is InChI=1S/C15H24N4OS/c1-11-10-21-15(17-11)18-14(20)9-19(13-4-5-13)8-12-3-2-6-16-7-12/h10,12-13,16H,2-9H2,1H3,(H,17,18,20). The van der Waals surface area contributed by atoms with Crippen LogP contribution in [0.1, 0.15) is 31.4 Å². The third-order valence-electron chi connectivity index (χ3n) is 4.17. The van der Waals surface area contributed by atoms with Crippen LogP contribution in [-0.2, 0) is 4.79 Å². The minimum absolute atomic E-state index is 0.0695. The molecule has 1 unspecified atom stereocenters. The zero-order valence-corrected chi connectivity index (χ0v) is 13.4. The molecule has 116 valence electrons. The first-order valence-corrected chi connectivity index (χ1v) is 8.75. The van der Waals surface area contributed by atoms with Crippen LogP contribution >= 0.6 is 11.3 Å². The Bertz CT molecular complexity index is 480. The van der Waals surface area contributed by atoms with Gasteiger partial charge in [-0.3, -0.25) is 9.69 Å². The summed E-state index contributed by atoms with van der Waals surface area (Å²) in [4.78, 5) is 18.9. The van der Waals surface area contributed by atoms with E-state index in [-0.39, 0.29) is 5.91 Å². The Morgan fingerprint density at radius 1 is 1.52 bits per heavy atom. The predicted molar refractivity (Wildman–Crippen MR) is 85.7 cm³/mol. The molecule has 3 rings (SSSR count). The molecule has 1 saturated carbocycles. The minimum atomic E-state index is 0.0695. The Balaban J connectivity index is 1.50. The van der Waals surface area contributed by atoms with Gasteiger partial charge in [0.2, 0.25) is 5.91 Å². The van der Waals surface area contributed by atoms with Crippen molar-refractivity contribution in [2.45, 2.75) is 38.6 Å². The van der Waals surface area contributed by atoms with E-state index < -0.39 is 0 Å². The summed E-state index contributed by atoms with van der Waals surface area (Å²) in [5.41, 5.74) is 0.961. The summed E-state index contributed by atoms with van der Waals surface area (Å²) >= 11 is 1.49. The first kappa shape index (κ1) is 14.9. The summed E-state index contributed by atoms with van der Waals surface area (Å²) in [5, 5.41) is 9.06. The van der Waals surface area contributed by atoms with E-state index in [9.17, 15) is 4.79 Å². The number of aromatic nitrogens is 1. The number of nitrogens with one attached hydrogen (secondary N) is 2. The smallest absolute Gasteiger partial charge is 0.240 e. The number of thiazole rings is 1. The zero-order valence-electron chi connectivity index (χ0n) is 12.6. The van der Waals surface area contributed by atoms with Gasteiger partial charge in [0.25, 0.3) is 0 Å². The summed E-state index contributed by atoms with van der Waals surface area (Å²) in [6.45, 7) is 5.72. The fourth-order valence-corrected chi connectivity index (χ4v) is 3.65. The Morgan fingerprint density at radius 2 is 2.38 bits per heavy atom. The number of hydrogen-bond acceptors (Lipinski definition) is 5. The van der Waals surface area contributed by atoms with Crippen LogP contribution in [0.15, 0.2) is 5.38 Å². The molecule has 0 bridgehead atoms. The van der Waals surface area contributed by atoms with E-state index in [2.05, 4.69) is 20.5 Å². The van der Waals surface area contributed by atoms with Crippen molar-refractivity contribution >= 4 is 22.4 Å². The van der Waals surface area contributed by atoms with Gasteiger partial charge in [0.1, 0.15) is 0 Å². The molecule has 1 aromatic rings. The third-order valence-corrected chi connectivity index (χ3v) is 5.04. The second-order valence-electron chi connectivity index (χ2n) is 6.22. The molecule has 1 aliphatic carbocycles. The number of amides is 1. The van der Waals surface area contributed by atoms with Crippen LogP contribution in [0, 0.1) is 12.8 Å². The highest BCUT2D eigenvalue weighted by atomic mass is 32.1. The molecule has 1 aromatic heterocycles. The van der Waals surface area contributed by atoms with Crippen LogP contribution in [-0.4, -0.2) is 48.0 Å². The van der Waals surface area contributed by atoms with E-state index in [1.807, 2.05) is 12.3 Å².